The van der Waals surface area contributed by atoms with Gasteiger partial charge in [0.1, 0.15) is 5.82 Å². The van der Waals surface area contributed by atoms with E-state index >= 15 is 0 Å². The molecule has 0 saturated carbocycles. The third-order valence-corrected chi connectivity index (χ3v) is 4.62. The molecule has 0 atom stereocenters. The fourth-order valence-electron chi connectivity index (χ4n) is 2.05. The molecule has 0 spiro atoms. The van der Waals surface area contributed by atoms with Crippen LogP contribution >= 0.6 is 35.0 Å². The average molecular weight is 373 g/mol. The molecule has 1 N–H and O–H groups in total. The van der Waals surface area contributed by atoms with Crippen LogP contribution in [0.5, 0.6) is 0 Å². The number of nitrogens with one attached hydrogen (secondary N) is 1. The number of nitrogens with zero attached hydrogens (tertiary/aromatic N) is 3. The number of hydrogen-bond acceptors (Lipinski definition) is 4. The monoisotopic (exact) mass is 372 g/mol. The minimum atomic E-state index is -0.164. The maximum Gasteiger partial charge on any atom is 0.234 e. The van der Waals surface area contributed by atoms with E-state index in [1.165, 1.54) is 11.8 Å². The van der Waals surface area contributed by atoms with Crippen molar-refractivity contribution in [1.82, 2.24) is 14.8 Å². The maximum atomic E-state index is 12.1. The Hall–Kier alpha value is -1.24. The zero-order valence-corrected chi connectivity index (χ0v) is 15.3. The van der Waals surface area contributed by atoms with Crippen LogP contribution in [0.25, 0.3) is 0 Å². The van der Waals surface area contributed by atoms with Crippen molar-refractivity contribution >= 4 is 46.6 Å². The number of amides is 1. The summed E-state index contributed by atoms with van der Waals surface area (Å²) in [5.74, 6) is 1.00. The summed E-state index contributed by atoms with van der Waals surface area (Å²) in [7, 11) is 0. The van der Waals surface area contributed by atoms with Crippen LogP contribution in [0, 0.1) is 0 Å². The molecule has 1 aromatic heterocycles. The van der Waals surface area contributed by atoms with E-state index in [0.717, 1.165) is 30.4 Å². The molecule has 0 aliphatic carbocycles. The van der Waals surface area contributed by atoms with Gasteiger partial charge < -0.3 is 9.88 Å². The summed E-state index contributed by atoms with van der Waals surface area (Å²) < 4.78 is 2.06. The van der Waals surface area contributed by atoms with Crippen LogP contribution in [0.4, 0.5) is 5.69 Å². The Bertz CT molecular complexity index is 690. The molecule has 23 heavy (non-hydrogen) atoms. The predicted molar refractivity (Wildman–Crippen MR) is 95.5 cm³/mol. The highest BCUT2D eigenvalue weighted by Crippen LogP contribution is 2.26. The summed E-state index contributed by atoms with van der Waals surface area (Å²) in [5, 5.41) is 12.8. The van der Waals surface area contributed by atoms with Crippen LogP contribution in [0.15, 0.2) is 23.4 Å². The first-order chi connectivity index (χ1) is 11.0. The smallest absolute Gasteiger partial charge is 0.234 e. The van der Waals surface area contributed by atoms with Crippen LogP contribution in [0.2, 0.25) is 10.0 Å². The molecule has 0 aliphatic rings. The Morgan fingerprint density at radius 2 is 2.09 bits per heavy atom. The van der Waals surface area contributed by atoms with E-state index in [2.05, 4.69) is 27.0 Å². The molecule has 0 saturated heterocycles. The van der Waals surface area contributed by atoms with Crippen molar-refractivity contribution in [2.75, 3.05) is 11.1 Å². The largest absolute Gasteiger partial charge is 0.324 e. The lowest BCUT2D eigenvalue weighted by Gasteiger charge is -2.09. The number of anilines is 1. The number of thioether (sulfide) groups is 1. The predicted octanol–water partition coefficient (Wildman–Crippen LogP) is 4.29. The normalized spacial score (nSPS) is 10.8. The van der Waals surface area contributed by atoms with Crippen LogP contribution in [-0.2, 0) is 17.8 Å². The average Bonchev–Trinajstić information content (AvgIpc) is 2.91. The number of rotatable bonds is 7. The standard InChI is InChI=1S/C15H18Cl2N4OS/c1-3-7-21-13(4-2)19-20-15(21)23-9-14(22)18-12-8-10(16)5-6-11(12)17/h5-6,8H,3-4,7,9H2,1-2H3,(H,18,22). The maximum absolute atomic E-state index is 12.1. The van der Waals surface area contributed by atoms with Gasteiger partial charge >= 0.3 is 0 Å². The van der Waals surface area contributed by atoms with Crippen molar-refractivity contribution in [2.45, 2.75) is 38.4 Å². The molecule has 8 heteroatoms. The molecule has 1 aromatic carbocycles. The molecule has 0 unspecified atom stereocenters. The van der Waals surface area contributed by atoms with E-state index in [1.54, 1.807) is 18.2 Å². The Morgan fingerprint density at radius 1 is 1.30 bits per heavy atom. The van der Waals surface area contributed by atoms with Crippen molar-refractivity contribution in [2.24, 2.45) is 0 Å². The van der Waals surface area contributed by atoms with Gasteiger partial charge in [0.25, 0.3) is 0 Å². The molecule has 5 nitrogen and oxygen atoms in total. The van der Waals surface area contributed by atoms with Gasteiger partial charge in [0.2, 0.25) is 5.91 Å². The molecule has 0 fully saturated rings. The lowest BCUT2D eigenvalue weighted by Crippen LogP contribution is -2.15. The molecular formula is C15H18Cl2N4OS. The minimum Gasteiger partial charge on any atom is -0.324 e. The molecule has 2 aromatic rings. The second-order valence-electron chi connectivity index (χ2n) is 4.87. The van der Waals surface area contributed by atoms with E-state index in [1.807, 2.05) is 6.92 Å². The second kappa shape index (κ2) is 8.57. The molecule has 0 bridgehead atoms. The molecule has 0 aliphatic heterocycles. The summed E-state index contributed by atoms with van der Waals surface area (Å²) in [6.45, 7) is 4.99. The van der Waals surface area contributed by atoms with Gasteiger partial charge in [-0.3, -0.25) is 4.79 Å². The molecular weight excluding hydrogens is 355 g/mol. The summed E-state index contributed by atoms with van der Waals surface area (Å²) in [6.07, 6.45) is 1.81. The Kier molecular flexibility index (Phi) is 6.74. The number of hydrogen-bond donors (Lipinski definition) is 1. The lowest BCUT2D eigenvalue weighted by molar-refractivity contribution is -0.113. The van der Waals surface area contributed by atoms with Crippen LogP contribution in [-0.4, -0.2) is 26.4 Å². The molecule has 2 rings (SSSR count). The quantitative estimate of drug-likeness (QED) is 0.736. The second-order valence-corrected chi connectivity index (χ2v) is 6.65. The Balaban J connectivity index is 1.99. The molecule has 0 radical (unpaired) electrons. The fraction of sp³-hybridized carbons (Fsp3) is 0.400. The van der Waals surface area contributed by atoms with Gasteiger partial charge in [-0.2, -0.15) is 0 Å². The fourth-order valence-corrected chi connectivity index (χ4v) is 3.17. The SMILES string of the molecule is CCCn1c(CC)nnc1SCC(=O)Nc1cc(Cl)ccc1Cl. The summed E-state index contributed by atoms with van der Waals surface area (Å²) in [5.41, 5.74) is 0.508. The van der Waals surface area contributed by atoms with Crippen LogP contribution in [0.3, 0.4) is 0 Å². The van der Waals surface area contributed by atoms with Crippen molar-refractivity contribution in [3.05, 3.63) is 34.1 Å². The first kappa shape index (κ1) is 18.1. The molecule has 124 valence electrons. The Labute approximate surface area is 149 Å². The van der Waals surface area contributed by atoms with Gasteiger partial charge in [-0.25, -0.2) is 0 Å². The van der Waals surface area contributed by atoms with Gasteiger partial charge in [0, 0.05) is 18.0 Å². The minimum absolute atomic E-state index is 0.164. The topological polar surface area (TPSA) is 59.8 Å². The van der Waals surface area contributed by atoms with Crippen molar-refractivity contribution < 1.29 is 4.79 Å². The van der Waals surface area contributed by atoms with Crippen molar-refractivity contribution in [3.8, 4) is 0 Å². The van der Waals surface area contributed by atoms with Gasteiger partial charge in [-0.05, 0) is 24.6 Å². The third-order valence-electron chi connectivity index (χ3n) is 3.09. The van der Waals surface area contributed by atoms with Gasteiger partial charge in [-0.1, -0.05) is 48.8 Å². The highest BCUT2D eigenvalue weighted by atomic mass is 35.5. The lowest BCUT2D eigenvalue weighted by atomic mass is 10.3. The highest BCUT2D eigenvalue weighted by Gasteiger charge is 2.13. The number of halogens is 2. The summed E-state index contributed by atoms with van der Waals surface area (Å²) >= 11 is 13.3. The van der Waals surface area contributed by atoms with Crippen molar-refractivity contribution in [1.29, 1.82) is 0 Å². The summed E-state index contributed by atoms with van der Waals surface area (Å²) in [4.78, 5) is 12.1. The van der Waals surface area contributed by atoms with Gasteiger partial charge in [0.05, 0.1) is 16.5 Å². The number of aromatic nitrogens is 3. The zero-order valence-electron chi connectivity index (χ0n) is 13.0. The van der Waals surface area contributed by atoms with Gasteiger partial charge in [-0.15, -0.1) is 10.2 Å². The highest BCUT2D eigenvalue weighted by molar-refractivity contribution is 7.99. The first-order valence-electron chi connectivity index (χ1n) is 7.34. The summed E-state index contributed by atoms with van der Waals surface area (Å²) in [6, 6.07) is 4.95. The van der Waals surface area contributed by atoms with E-state index in [9.17, 15) is 4.79 Å². The number of aryl methyl sites for hydroxylation is 1. The van der Waals surface area contributed by atoms with E-state index < -0.39 is 0 Å². The molecule has 1 heterocycles. The zero-order chi connectivity index (χ0) is 16.8. The first-order valence-corrected chi connectivity index (χ1v) is 9.09. The Morgan fingerprint density at radius 3 is 2.78 bits per heavy atom. The van der Waals surface area contributed by atoms with Crippen molar-refractivity contribution in [3.63, 3.8) is 0 Å². The van der Waals surface area contributed by atoms with Gasteiger partial charge in [0.15, 0.2) is 5.16 Å². The number of carbonyl (C=O) groups excluding carboxylic acids is 1. The van der Waals surface area contributed by atoms with E-state index in [0.29, 0.717) is 15.7 Å². The number of benzene rings is 1. The van der Waals surface area contributed by atoms with E-state index in [4.69, 9.17) is 23.2 Å². The number of carbonyl (C=O) groups is 1. The van der Waals surface area contributed by atoms with Crippen LogP contribution in [0.1, 0.15) is 26.1 Å². The molecule has 1 amide bonds. The third kappa shape index (κ3) is 4.86. The van der Waals surface area contributed by atoms with Crippen LogP contribution < -0.4 is 5.32 Å². The van der Waals surface area contributed by atoms with E-state index in [-0.39, 0.29) is 11.7 Å².